The number of ketones is 1. The molecule has 5 aliphatic carbocycles. The zero-order chi connectivity index (χ0) is 19.4. The normalized spacial score (nSPS) is 55.5. The molecule has 0 saturated heterocycles. The second-order valence-electron chi connectivity index (χ2n) is 10.3. The maximum Gasteiger partial charge on any atom is 0.161 e. The van der Waals surface area contributed by atoms with Crippen LogP contribution in [0, 0.1) is 40.4 Å². The van der Waals surface area contributed by atoms with Gasteiger partial charge in [-0.1, -0.05) is 37.6 Å². The van der Waals surface area contributed by atoms with E-state index in [0.717, 1.165) is 24.3 Å². The van der Waals surface area contributed by atoms with E-state index in [9.17, 15) is 9.90 Å². The molecule has 3 fully saturated rings. The zero-order valence-corrected chi connectivity index (χ0v) is 17.6. The fraction of sp³-hybridized carbons (Fsp3) is 0.783. The van der Waals surface area contributed by atoms with E-state index in [1.807, 2.05) is 0 Å². The average Bonchev–Trinajstić information content (AvgIpc) is 3.37. The first-order valence-corrected chi connectivity index (χ1v) is 10.9. The molecule has 1 unspecified atom stereocenters. The lowest BCUT2D eigenvalue weighted by Gasteiger charge is -2.58. The van der Waals surface area contributed by atoms with E-state index in [0.29, 0.717) is 36.0 Å². The summed E-state index contributed by atoms with van der Waals surface area (Å²) in [6.07, 6.45) is 9.47. The van der Waals surface area contributed by atoms with Crippen LogP contribution < -0.4 is 0 Å². The number of halogens is 1. The largest absolute Gasteiger partial charge is 0.382 e. The van der Waals surface area contributed by atoms with Crippen molar-refractivity contribution in [2.75, 3.05) is 7.11 Å². The van der Waals surface area contributed by atoms with Crippen molar-refractivity contribution in [3.05, 3.63) is 22.8 Å². The van der Waals surface area contributed by atoms with Crippen molar-refractivity contribution in [2.24, 2.45) is 40.4 Å². The number of hydrogen-bond acceptors (Lipinski definition) is 3. The van der Waals surface area contributed by atoms with Gasteiger partial charge in [0.05, 0.1) is 6.10 Å². The van der Waals surface area contributed by atoms with E-state index < -0.39 is 5.60 Å². The minimum absolute atomic E-state index is 0.0634. The Balaban J connectivity index is 1.59. The summed E-state index contributed by atoms with van der Waals surface area (Å²) in [6.45, 7) is 6.14. The number of Topliss-reactive ketones (excluding diaryl/α,β-unsaturated/α-hetero) is 1. The SMILES string of the molecule is COC1C=C2C(Cl)=C[C@@H]3[C@H](CC[C@@]4(C)[C@H]3CC[C@]4(O)C(C)=O)[C@@]2(C)[C@H]2C[C@@H]12. The van der Waals surface area contributed by atoms with E-state index in [1.54, 1.807) is 14.0 Å². The topological polar surface area (TPSA) is 46.5 Å². The predicted octanol–water partition coefficient (Wildman–Crippen LogP) is 4.48. The van der Waals surface area contributed by atoms with Crippen LogP contribution in [0.15, 0.2) is 22.8 Å². The van der Waals surface area contributed by atoms with Crippen LogP contribution in [-0.2, 0) is 9.53 Å². The molecule has 0 amide bonds. The Hall–Kier alpha value is -0.640. The molecule has 3 nitrogen and oxygen atoms in total. The third-order valence-corrected chi connectivity index (χ3v) is 9.98. The number of hydrogen-bond donors (Lipinski definition) is 1. The van der Waals surface area contributed by atoms with Crippen molar-refractivity contribution in [1.82, 2.24) is 0 Å². The number of aliphatic hydroxyl groups is 1. The highest BCUT2D eigenvalue weighted by Gasteiger charge is 2.69. The van der Waals surface area contributed by atoms with Gasteiger partial charge in [0.25, 0.3) is 0 Å². The quantitative estimate of drug-likeness (QED) is 0.755. The van der Waals surface area contributed by atoms with Gasteiger partial charge in [-0.15, -0.1) is 0 Å². The summed E-state index contributed by atoms with van der Waals surface area (Å²) in [7, 11) is 1.80. The third kappa shape index (κ3) is 2.04. The summed E-state index contributed by atoms with van der Waals surface area (Å²) in [6, 6.07) is 0. The van der Waals surface area contributed by atoms with E-state index in [2.05, 4.69) is 26.0 Å². The van der Waals surface area contributed by atoms with Gasteiger partial charge in [0.2, 0.25) is 0 Å². The van der Waals surface area contributed by atoms with Crippen LogP contribution in [0.1, 0.15) is 52.9 Å². The maximum atomic E-state index is 12.4. The van der Waals surface area contributed by atoms with Crippen LogP contribution in [0.25, 0.3) is 0 Å². The summed E-state index contributed by atoms with van der Waals surface area (Å²) >= 11 is 6.88. The van der Waals surface area contributed by atoms with Gasteiger partial charge in [0, 0.05) is 23.0 Å². The molecule has 4 heteroatoms. The van der Waals surface area contributed by atoms with Gasteiger partial charge in [0.15, 0.2) is 5.78 Å². The van der Waals surface area contributed by atoms with Crippen LogP contribution in [0.2, 0.25) is 0 Å². The van der Waals surface area contributed by atoms with Gasteiger partial charge in [-0.3, -0.25) is 4.79 Å². The van der Waals surface area contributed by atoms with Gasteiger partial charge < -0.3 is 9.84 Å². The van der Waals surface area contributed by atoms with Crippen LogP contribution in [0.5, 0.6) is 0 Å². The smallest absolute Gasteiger partial charge is 0.161 e. The number of rotatable bonds is 2. The van der Waals surface area contributed by atoms with E-state index in [-0.39, 0.29) is 22.7 Å². The van der Waals surface area contributed by atoms with Crippen LogP contribution in [0.4, 0.5) is 0 Å². The summed E-state index contributed by atoms with van der Waals surface area (Å²) in [5.41, 5.74) is -0.109. The molecule has 0 aliphatic heterocycles. The molecule has 9 atom stereocenters. The van der Waals surface area contributed by atoms with Crippen LogP contribution >= 0.6 is 11.6 Å². The Kier molecular flexibility index (Phi) is 3.74. The highest BCUT2D eigenvalue weighted by Crippen LogP contribution is 2.72. The molecule has 0 bridgehead atoms. The summed E-state index contributed by atoms with van der Waals surface area (Å²) < 4.78 is 5.73. The standard InChI is InChI=1S/C23H31ClO3/c1-12(25)23(26)8-6-15-13-10-19(24)18-11-20(27-4)14-9-17(14)22(18,3)16(13)5-7-21(15,23)2/h10-11,13-17,20,26H,5-9H2,1-4H3/t13-,14+,15-,16-,17-,20?,21-,22-,23-/m0/s1. The first-order chi connectivity index (χ1) is 12.7. The van der Waals surface area contributed by atoms with Crippen molar-refractivity contribution in [3.63, 3.8) is 0 Å². The second-order valence-corrected chi connectivity index (χ2v) is 10.7. The Morgan fingerprint density at radius 3 is 2.56 bits per heavy atom. The molecule has 1 N–H and O–H groups in total. The third-order valence-electron chi connectivity index (χ3n) is 9.65. The highest BCUT2D eigenvalue weighted by molar-refractivity contribution is 6.32. The number of fused-ring (bicyclic) bond motifs is 7. The first-order valence-electron chi connectivity index (χ1n) is 10.5. The fourth-order valence-electron chi connectivity index (χ4n) is 7.97. The van der Waals surface area contributed by atoms with Gasteiger partial charge in [-0.2, -0.15) is 0 Å². The van der Waals surface area contributed by atoms with Crippen molar-refractivity contribution in [1.29, 1.82) is 0 Å². The predicted molar refractivity (Wildman–Crippen MR) is 105 cm³/mol. The summed E-state index contributed by atoms with van der Waals surface area (Å²) in [4.78, 5) is 12.4. The van der Waals surface area contributed by atoms with E-state index >= 15 is 0 Å². The van der Waals surface area contributed by atoms with Crippen molar-refractivity contribution >= 4 is 17.4 Å². The highest BCUT2D eigenvalue weighted by atomic mass is 35.5. The number of methoxy groups -OCH3 is 1. The van der Waals surface area contributed by atoms with E-state index in [1.165, 1.54) is 12.0 Å². The summed E-state index contributed by atoms with van der Waals surface area (Å²) in [5, 5.41) is 12.2. The molecule has 5 aliphatic rings. The van der Waals surface area contributed by atoms with Gasteiger partial charge >= 0.3 is 0 Å². The number of carbonyl (C=O) groups excluding carboxylic acids is 1. The minimum Gasteiger partial charge on any atom is -0.382 e. The van der Waals surface area contributed by atoms with Crippen LogP contribution in [0.3, 0.4) is 0 Å². The van der Waals surface area contributed by atoms with E-state index in [4.69, 9.17) is 16.3 Å². The Morgan fingerprint density at radius 2 is 1.89 bits per heavy atom. The Labute approximate surface area is 167 Å². The molecular formula is C23H31ClO3. The lowest BCUT2D eigenvalue weighted by atomic mass is 9.47. The number of allylic oxidation sites excluding steroid dienone is 3. The van der Waals surface area contributed by atoms with Crippen molar-refractivity contribution in [3.8, 4) is 0 Å². The molecule has 0 radical (unpaired) electrons. The average molecular weight is 391 g/mol. The molecule has 0 aromatic carbocycles. The van der Waals surface area contributed by atoms with Crippen LogP contribution in [-0.4, -0.2) is 29.7 Å². The van der Waals surface area contributed by atoms with Crippen molar-refractivity contribution in [2.45, 2.75) is 64.6 Å². The Morgan fingerprint density at radius 1 is 1.19 bits per heavy atom. The zero-order valence-electron chi connectivity index (χ0n) is 16.8. The lowest BCUT2D eigenvalue weighted by molar-refractivity contribution is -0.157. The summed E-state index contributed by atoms with van der Waals surface area (Å²) in [5.74, 6) is 2.44. The van der Waals surface area contributed by atoms with Crippen molar-refractivity contribution < 1.29 is 14.6 Å². The molecular weight excluding hydrogens is 360 g/mol. The molecule has 27 heavy (non-hydrogen) atoms. The minimum atomic E-state index is -1.17. The van der Waals surface area contributed by atoms with Gasteiger partial charge in [-0.05, 0) is 74.2 Å². The molecule has 0 heterocycles. The molecule has 3 saturated carbocycles. The monoisotopic (exact) mass is 390 g/mol. The molecule has 0 spiro atoms. The first kappa shape index (κ1) is 18.4. The second kappa shape index (κ2) is 5.49. The van der Waals surface area contributed by atoms with Gasteiger partial charge in [-0.25, -0.2) is 0 Å². The lowest BCUT2D eigenvalue weighted by Crippen LogP contribution is -2.57. The fourth-order valence-corrected chi connectivity index (χ4v) is 8.38. The molecule has 148 valence electrons. The molecule has 0 aromatic heterocycles. The number of ether oxygens (including phenoxy) is 1. The van der Waals surface area contributed by atoms with Gasteiger partial charge in [0.1, 0.15) is 5.60 Å². The Bertz CT molecular complexity index is 772. The molecule has 0 aromatic rings. The maximum absolute atomic E-state index is 12.4. The molecule has 5 rings (SSSR count). The number of carbonyl (C=O) groups is 1.